The number of aryl methyl sites for hydroxylation is 1. The molecule has 2 aromatic rings. The van der Waals surface area contributed by atoms with Gasteiger partial charge in [-0.05, 0) is 61.1 Å². The van der Waals surface area contributed by atoms with Crippen LogP contribution in [0.25, 0.3) is 0 Å². The van der Waals surface area contributed by atoms with E-state index >= 15 is 0 Å². The van der Waals surface area contributed by atoms with Crippen LogP contribution >= 0.6 is 11.8 Å². The summed E-state index contributed by atoms with van der Waals surface area (Å²) in [5.74, 6) is -0.491. The van der Waals surface area contributed by atoms with Crippen LogP contribution in [0.4, 0.5) is 11.4 Å². The molecule has 1 aliphatic rings. The third-order valence-corrected chi connectivity index (χ3v) is 7.15. The number of nitrogens with zero attached hydrogens (tertiary/aromatic N) is 1. The summed E-state index contributed by atoms with van der Waals surface area (Å²) >= 11 is 1.55. The van der Waals surface area contributed by atoms with Gasteiger partial charge in [0, 0.05) is 29.7 Å². The number of benzene rings is 2. The molecular formula is C20H23N3O4S2. The Kier molecular flexibility index (Phi) is 6.61. The van der Waals surface area contributed by atoms with Crippen molar-refractivity contribution < 1.29 is 18.0 Å². The van der Waals surface area contributed by atoms with Crippen LogP contribution in [0.15, 0.2) is 52.3 Å². The average Bonchev–Trinajstić information content (AvgIpc) is 2.87. The molecule has 2 aromatic carbocycles. The van der Waals surface area contributed by atoms with Gasteiger partial charge < -0.3 is 10.6 Å². The van der Waals surface area contributed by atoms with Gasteiger partial charge in [0.1, 0.15) is 0 Å². The van der Waals surface area contributed by atoms with Gasteiger partial charge in [-0.25, -0.2) is 8.42 Å². The van der Waals surface area contributed by atoms with Crippen molar-refractivity contribution in [2.45, 2.75) is 29.1 Å². The molecule has 0 radical (unpaired) electrons. The van der Waals surface area contributed by atoms with E-state index in [4.69, 9.17) is 0 Å². The lowest BCUT2D eigenvalue weighted by Gasteiger charge is -2.18. The summed E-state index contributed by atoms with van der Waals surface area (Å²) in [6, 6.07) is 12.0. The molecule has 2 N–H and O–H groups in total. The van der Waals surface area contributed by atoms with Gasteiger partial charge in [-0.1, -0.05) is 6.07 Å². The highest BCUT2D eigenvalue weighted by atomic mass is 32.2. The maximum absolute atomic E-state index is 12.9. The second-order valence-corrected chi connectivity index (χ2v) is 9.69. The second kappa shape index (κ2) is 8.98. The van der Waals surface area contributed by atoms with E-state index in [9.17, 15) is 18.0 Å². The third kappa shape index (κ3) is 5.17. The van der Waals surface area contributed by atoms with Crippen molar-refractivity contribution in [2.24, 2.45) is 0 Å². The van der Waals surface area contributed by atoms with Crippen LogP contribution in [0.1, 0.15) is 18.4 Å². The van der Waals surface area contributed by atoms with Crippen LogP contribution in [0.5, 0.6) is 0 Å². The zero-order valence-electron chi connectivity index (χ0n) is 16.3. The Morgan fingerprint density at radius 3 is 2.76 bits per heavy atom. The van der Waals surface area contributed by atoms with E-state index in [0.717, 1.165) is 14.8 Å². The van der Waals surface area contributed by atoms with E-state index in [1.165, 1.54) is 13.1 Å². The summed E-state index contributed by atoms with van der Waals surface area (Å²) in [6.45, 7) is -0.306. The standard InChI is InChI=1S/C20H23N3O4S2/c1-23(13-20(25)21-15-6-4-7-16(12-15)28-2)29(26,27)17-9-10-18-14(11-17)5-3-8-19(24)22-18/h4,6-7,9-12H,3,5,8,13H2,1-2H3,(H,21,25)(H,22,24). The molecule has 1 heterocycles. The fourth-order valence-electron chi connectivity index (χ4n) is 3.08. The monoisotopic (exact) mass is 433 g/mol. The number of amides is 2. The van der Waals surface area contributed by atoms with Gasteiger partial charge in [0.15, 0.2) is 0 Å². The lowest BCUT2D eigenvalue weighted by molar-refractivity contribution is -0.117. The summed E-state index contributed by atoms with van der Waals surface area (Å²) in [7, 11) is -2.47. The van der Waals surface area contributed by atoms with Gasteiger partial charge in [-0.15, -0.1) is 11.8 Å². The Bertz CT molecular complexity index is 1040. The van der Waals surface area contributed by atoms with E-state index in [2.05, 4.69) is 10.6 Å². The summed E-state index contributed by atoms with van der Waals surface area (Å²) in [4.78, 5) is 25.1. The number of fused-ring (bicyclic) bond motifs is 1. The van der Waals surface area contributed by atoms with Gasteiger partial charge >= 0.3 is 0 Å². The van der Waals surface area contributed by atoms with E-state index in [1.54, 1.807) is 30.0 Å². The maximum atomic E-state index is 12.9. The highest BCUT2D eigenvalue weighted by Crippen LogP contribution is 2.26. The van der Waals surface area contributed by atoms with Crippen molar-refractivity contribution in [1.29, 1.82) is 0 Å². The van der Waals surface area contributed by atoms with Crippen LogP contribution in [0.2, 0.25) is 0 Å². The van der Waals surface area contributed by atoms with Crippen LogP contribution < -0.4 is 10.6 Å². The molecule has 154 valence electrons. The van der Waals surface area contributed by atoms with Crippen LogP contribution in [-0.4, -0.2) is 44.4 Å². The van der Waals surface area contributed by atoms with E-state index in [-0.39, 0.29) is 17.3 Å². The molecule has 0 saturated carbocycles. The first-order valence-electron chi connectivity index (χ1n) is 9.12. The highest BCUT2D eigenvalue weighted by Gasteiger charge is 2.25. The molecule has 0 bridgehead atoms. The number of hydrogen-bond acceptors (Lipinski definition) is 5. The minimum atomic E-state index is -3.84. The van der Waals surface area contributed by atoms with Crippen molar-refractivity contribution >= 4 is 45.0 Å². The molecule has 29 heavy (non-hydrogen) atoms. The zero-order chi connectivity index (χ0) is 21.0. The molecule has 0 aromatic heterocycles. The number of carbonyl (C=O) groups is 2. The Hall–Kier alpha value is -2.36. The Morgan fingerprint density at radius 1 is 1.21 bits per heavy atom. The zero-order valence-corrected chi connectivity index (χ0v) is 17.9. The smallest absolute Gasteiger partial charge is 0.243 e. The predicted octanol–water partition coefficient (Wildman–Crippen LogP) is 2.94. The fourth-order valence-corrected chi connectivity index (χ4v) is 4.72. The topological polar surface area (TPSA) is 95.6 Å². The number of likely N-dealkylation sites (N-methyl/N-ethyl adjacent to an activating group) is 1. The molecule has 1 aliphatic heterocycles. The molecule has 0 spiro atoms. The fraction of sp³-hybridized carbons (Fsp3) is 0.300. The van der Waals surface area contributed by atoms with Gasteiger partial charge in [0.05, 0.1) is 11.4 Å². The molecular weight excluding hydrogens is 410 g/mol. The molecule has 3 rings (SSSR count). The molecule has 0 unspecified atom stereocenters. The van der Waals surface area contributed by atoms with Crippen molar-refractivity contribution in [3.63, 3.8) is 0 Å². The molecule has 0 saturated heterocycles. The number of rotatable bonds is 6. The molecule has 9 heteroatoms. The number of anilines is 2. The second-order valence-electron chi connectivity index (χ2n) is 6.76. The predicted molar refractivity (Wildman–Crippen MR) is 115 cm³/mol. The van der Waals surface area contributed by atoms with Crippen molar-refractivity contribution in [3.8, 4) is 0 Å². The number of sulfonamides is 1. The van der Waals surface area contributed by atoms with E-state index in [0.29, 0.717) is 30.6 Å². The van der Waals surface area contributed by atoms with Crippen molar-refractivity contribution in [1.82, 2.24) is 4.31 Å². The highest BCUT2D eigenvalue weighted by molar-refractivity contribution is 7.98. The summed E-state index contributed by atoms with van der Waals surface area (Å²) in [5.41, 5.74) is 2.04. The summed E-state index contributed by atoms with van der Waals surface area (Å²) in [6.07, 6.45) is 3.63. The Balaban J connectivity index is 1.72. The van der Waals surface area contributed by atoms with Crippen molar-refractivity contribution in [3.05, 3.63) is 48.0 Å². The SMILES string of the molecule is CSc1cccc(NC(=O)CN(C)S(=O)(=O)c2ccc3c(c2)CCCC(=O)N3)c1. The first kappa shape index (κ1) is 21.4. The van der Waals surface area contributed by atoms with E-state index < -0.39 is 15.9 Å². The van der Waals surface area contributed by atoms with Crippen LogP contribution in [-0.2, 0) is 26.0 Å². The van der Waals surface area contributed by atoms with E-state index in [1.807, 2.05) is 24.5 Å². The minimum Gasteiger partial charge on any atom is -0.326 e. The summed E-state index contributed by atoms with van der Waals surface area (Å²) in [5, 5.41) is 5.51. The molecule has 0 fully saturated rings. The Labute approximate surface area is 174 Å². The molecule has 2 amide bonds. The first-order chi connectivity index (χ1) is 13.8. The lowest BCUT2D eigenvalue weighted by atomic mass is 10.1. The van der Waals surface area contributed by atoms with Crippen LogP contribution in [0.3, 0.4) is 0 Å². The van der Waals surface area contributed by atoms with Crippen LogP contribution in [0, 0.1) is 0 Å². The maximum Gasteiger partial charge on any atom is 0.243 e. The largest absolute Gasteiger partial charge is 0.326 e. The van der Waals surface area contributed by atoms with Gasteiger partial charge in [-0.3, -0.25) is 9.59 Å². The minimum absolute atomic E-state index is 0.0707. The number of thioether (sulfide) groups is 1. The summed E-state index contributed by atoms with van der Waals surface area (Å²) < 4.78 is 26.8. The number of nitrogens with one attached hydrogen (secondary N) is 2. The average molecular weight is 434 g/mol. The molecule has 0 atom stereocenters. The number of hydrogen-bond donors (Lipinski definition) is 2. The Morgan fingerprint density at radius 2 is 2.00 bits per heavy atom. The number of carbonyl (C=O) groups excluding carboxylic acids is 2. The normalized spacial score (nSPS) is 14.1. The first-order valence-corrected chi connectivity index (χ1v) is 11.8. The van der Waals surface area contributed by atoms with Gasteiger partial charge in [-0.2, -0.15) is 4.31 Å². The van der Waals surface area contributed by atoms with Gasteiger partial charge in [0.25, 0.3) is 0 Å². The molecule has 7 nitrogen and oxygen atoms in total. The lowest BCUT2D eigenvalue weighted by Crippen LogP contribution is -2.35. The third-order valence-electron chi connectivity index (χ3n) is 4.63. The molecule has 0 aliphatic carbocycles. The quantitative estimate of drug-likeness (QED) is 0.683. The van der Waals surface area contributed by atoms with Crippen molar-refractivity contribution in [2.75, 3.05) is 30.5 Å². The van der Waals surface area contributed by atoms with Gasteiger partial charge in [0.2, 0.25) is 21.8 Å².